The van der Waals surface area contributed by atoms with Gasteiger partial charge in [0.2, 0.25) is 0 Å². The first-order chi connectivity index (χ1) is 15.6. The number of hydrogen-bond donors (Lipinski definition) is 3. The SMILES string of the molecule is C=C/C=C\c1cc(-c2n[nH]c3ccc(-c4cncc(NC(=C)CCCC)c4)cc23)[nH]c1C. The van der Waals surface area contributed by atoms with E-state index in [-0.39, 0.29) is 0 Å². The lowest BCUT2D eigenvalue weighted by Gasteiger charge is -2.10. The molecule has 0 atom stereocenters. The number of unbranched alkanes of at least 4 members (excludes halogenated alkanes) is 1. The molecule has 0 aliphatic heterocycles. The predicted octanol–water partition coefficient (Wildman–Crippen LogP) is 7.24. The third kappa shape index (κ3) is 4.57. The molecule has 4 rings (SSSR count). The van der Waals surface area contributed by atoms with Gasteiger partial charge in [-0.1, -0.05) is 50.8 Å². The van der Waals surface area contributed by atoms with Gasteiger partial charge in [0, 0.05) is 28.5 Å². The molecule has 0 spiro atoms. The van der Waals surface area contributed by atoms with Crippen LogP contribution in [-0.4, -0.2) is 20.2 Å². The summed E-state index contributed by atoms with van der Waals surface area (Å²) in [5, 5.41) is 12.2. The molecule has 0 aliphatic carbocycles. The third-order valence-corrected chi connectivity index (χ3v) is 5.51. The molecule has 0 unspecified atom stereocenters. The Morgan fingerprint density at radius 1 is 1.16 bits per heavy atom. The van der Waals surface area contributed by atoms with E-state index < -0.39 is 0 Å². The van der Waals surface area contributed by atoms with Crippen molar-refractivity contribution in [2.75, 3.05) is 5.32 Å². The second kappa shape index (κ2) is 9.52. The van der Waals surface area contributed by atoms with Crippen LogP contribution in [0.25, 0.3) is 39.5 Å². The van der Waals surface area contributed by atoms with Crippen LogP contribution in [-0.2, 0) is 0 Å². The number of nitrogens with one attached hydrogen (secondary N) is 3. The molecule has 3 heterocycles. The van der Waals surface area contributed by atoms with Gasteiger partial charge < -0.3 is 10.3 Å². The number of allylic oxidation sites excluding steroid dienone is 3. The summed E-state index contributed by atoms with van der Waals surface area (Å²) in [6.07, 6.45) is 12.7. The maximum atomic E-state index is 4.58. The van der Waals surface area contributed by atoms with Crippen LogP contribution in [0.3, 0.4) is 0 Å². The van der Waals surface area contributed by atoms with Crippen molar-refractivity contribution in [2.45, 2.75) is 33.1 Å². The average Bonchev–Trinajstić information content (AvgIpc) is 3.39. The van der Waals surface area contributed by atoms with E-state index in [0.717, 1.165) is 75.3 Å². The first kappa shape index (κ1) is 21.4. The van der Waals surface area contributed by atoms with Crippen LogP contribution < -0.4 is 5.32 Å². The Kier molecular flexibility index (Phi) is 6.36. The summed E-state index contributed by atoms with van der Waals surface area (Å²) in [6, 6.07) is 10.6. The fourth-order valence-electron chi connectivity index (χ4n) is 3.77. The van der Waals surface area contributed by atoms with E-state index in [2.05, 4.69) is 82.8 Å². The van der Waals surface area contributed by atoms with Crippen molar-refractivity contribution in [3.8, 4) is 22.5 Å². The van der Waals surface area contributed by atoms with Crippen molar-refractivity contribution in [1.29, 1.82) is 0 Å². The molecule has 0 saturated carbocycles. The van der Waals surface area contributed by atoms with Gasteiger partial charge in [-0.2, -0.15) is 5.10 Å². The van der Waals surface area contributed by atoms with Crippen molar-refractivity contribution in [3.05, 3.63) is 85.0 Å². The maximum absolute atomic E-state index is 4.58. The van der Waals surface area contributed by atoms with Gasteiger partial charge in [0.05, 0.1) is 23.1 Å². The highest BCUT2D eigenvalue weighted by molar-refractivity contribution is 5.95. The van der Waals surface area contributed by atoms with Crippen LogP contribution in [0.2, 0.25) is 0 Å². The van der Waals surface area contributed by atoms with Crippen molar-refractivity contribution >= 4 is 22.7 Å². The lowest BCUT2D eigenvalue weighted by atomic mass is 10.0. The van der Waals surface area contributed by atoms with E-state index in [1.165, 1.54) is 0 Å². The van der Waals surface area contributed by atoms with Gasteiger partial charge >= 0.3 is 0 Å². The topological polar surface area (TPSA) is 69.4 Å². The number of hydrogen-bond acceptors (Lipinski definition) is 3. The molecule has 0 saturated heterocycles. The van der Waals surface area contributed by atoms with Crippen LogP contribution >= 0.6 is 0 Å². The predicted molar refractivity (Wildman–Crippen MR) is 135 cm³/mol. The molecule has 4 aromatic rings. The first-order valence-electron chi connectivity index (χ1n) is 11.0. The molecule has 162 valence electrons. The molecule has 0 amide bonds. The largest absolute Gasteiger partial charge is 0.358 e. The Bertz CT molecular complexity index is 1290. The van der Waals surface area contributed by atoms with Crippen LogP contribution in [0.1, 0.15) is 37.4 Å². The second-order valence-corrected chi connectivity index (χ2v) is 7.99. The summed E-state index contributed by atoms with van der Waals surface area (Å²) in [5.74, 6) is 0. The number of anilines is 1. The fourth-order valence-corrected chi connectivity index (χ4v) is 3.77. The van der Waals surface area contributed by atoms with Crippen molar-refractivity contribution in [3.63, 3.8) is 0 Å². The van der Waals surface area contributed by atoms with Gasteiger partial charge in [0.15, 0.2) is 0 Å². The molecule has 0 aliphatic rings. The molecule has 3 aromatic heterocycles. The van der Waals surface area contributed by atoms with Crippen LogP contribution in [0.5, 0.6) is 0 Å². The molecule has 0 radical (unpaired) electrons. The van der Waals surface area contributed by atoms with Crippen LogP contribution in [0.15, 0.2) is 73.7 Å². The highest BCUT2D eigenvalue weighted by atomic mass is 15.1. The molecule has 5 heteroatoms. The number of fused-ring (bicyclic) bond motifs is 1. The number of nitrogens with zero attached hydrogens (tertiary/aromatic N) is 2. The summed E-state index contributed by atoms with van der Waals surface area (Å²) in [7, 11) is 0. The smallest absolute Gasteiger partial charge is 0.116 e. The lowest BCUT2D eigenvalue weighted by molar-refractivity contribution is 0.791. The van der Waals surface area contributed by atoms with Gasteiger partial charge in [0.25, 0.3) is 0 Å². The van der Waals surface area contributed by atoms with Crippen LogP contribution in [0, 0.1) is 6.92 Å². The highest BCUT2D eigenvalue weighted by Gasteiger charge is 2.13. The van der Waals surface area contributed by atoms with Crippen molar-refractivity contribution in [2.24, 2.45) is 0 Å². The zero-order chi connectivity index (χ0) is 22.5. The lowest BCUT2D eigenvalue weighted by Crippen LogP contribution is -1.98. The number of aromatic nitrogens is 4. The number of benzene rings is 1. The first-order valence-corrected chi connectivity index (χ1v) is 11.0. The molecular formula is C27H29N5. The number of rotatable bonds is 9. The van der Waals surface area contributed by atoms with Gasteiger partial charge in [-0.25, -0.2) is 0 Å². The summed E-state index contributed by atoms with van der Waals surface area (Å²) >= 11 is 0. The van der Waals surface area contributed by atoms with Crippen LogP contribution in [0.4, 0.5) is 5.69 Å². The van der Waals surface area contributed by atoms with Crippen molar-refractivity contribution in [1.82, 2.24) is 20.2 Å². The minimum absolute atomic E-state index is 0.901. The number of aryl methyl sites for hydroxylation is 1. The highest BCUT2D eigenvalue weighted by Crippen LogP contribution is 2.32. The Morgan fingerprint density at radius 3 is 2.84 bits per heavy atom. The molecular weight excluding hydrogens is 394 g/mol. The second-order valence-electron chi connectivity index (χ2n) is 7.99. The van der Waals surface area contributed by atoms with E-state index in [1.54, 1.807) is 6.08 Å². The van der Waals surface area contributed by atoms with E-state index >= 15 is 0 Å². The van der Waals surface area contributed by atoms with Crippen molar-refractivity contribution < 1.29 is 0 Å². The van der Waals surface area contributed by atoms with Gasteiger partial charge in [-0.15, -0.1) is 0 Å². The quantitative estimate of drug-likeness (QED) is 0.248. The summed E-state index contributed by atoms with van der Waals surface area (Å²) in [5.41, 5.74) is 9.20. The number of aromatic amines is 2. The third-order valence-electron chi connectivity index (χ3n) is 5.51. The molecule has 32 heavy (non-hydrogen) atoms. The molecule has 0 fully saturated rings. The van der Waals surface area contributed by atoms with Gasteiger partial charge in [-0.05, 0) is 55.2 Å². The van der Waals surface area contributed by atoms with E-state index in [4.69, 9.17) is 0 Å². The summed E-state index contributed by atoms with van der Waals surface area (Å²) in [6.45, 7) is 12.1. The van der Waals surface area contributed by atoms with E-state index in [0.29, 0.717) is 0 Å². The number of H-pyrrole nitrogens is 2. The summed E-state index contributed by atoms with van der Waals surface area (Å²) < 4.78 is 0. The maximum Gasteiger partial charge on any atom is 0.116 e. The average molecular weight is 424 g/mol. The summed E-state index contributed by atoms with van der Waals surface area (Å²) in [4.78, 5) is 7.89. The Hall–Kier alpha value is -3.86. The molecule has 0 bridgehead atoms. The Labute approximate surface area is 189 Å². The molecule has 5 nitrogen and oxygen atoms in total. The molecule has 3 N–H and O–H groups in total. The standard InChI is InChI=1S/C27H29N5/c1-5-7-9-18(3)29-23-13-22(16-28-17-23)21-11-12-25-24(14-21)27(32-31-25)26-15-20(10-8-6-2)19(4)30-26/h6,8,10-17,29-30H,2-3,5,7,9H2,1,4H3,(H,31,32)/b10-8-. The molecule has 1 aromatic carbocycles. The minimum Gasteiger partial charge on any atom is -0.358 e. The zero-order valence-electron chi connectivity index (χ0n) is 18.7. The monoisotopic (exact) mass is 423 g/mol. The van der Waals surface area contributed by atoms with Gasteiger partial charge in [0.1, 0.15) is 5.69 Å². The van der Waals surface area contributed by atoms with E-state index in [9.17, 15) is 0 Å². The van der Waals surface area contributed by atoms with E-state index in [1.807, 2.05) is 24.5 Å². The minimum atomic E-state index is 0.901. The normalized spacial score (nSPS) is 11.3. The fraction of sp³-hybridized carbons (Fsp3) is 0.185. The van der Waals surface area contributed by atoms with Gasteiger partial charge in [-0.3, -0.25) is 10.1 Å². The Balaban J connectivity index is 1.66. The number of pyridine rings is 1. The Morgan fingerprint density at radius 2 is 2.03 bits per heavy atom. The zero-order valence-corrected chi connectivity index (χ0v) is 18.7.